The Kier molecular flexibility index (Phi) is 6.98. The van der Waals surface area contributed by atoms with Gasteiger partial charge in [0.2, 0.25) is 5.91 Å². The summed E-state index contributed by atoms with van der Waals surface area (Å²) in [5, 5.41) is 5.61. The Morgan fingerprint density at radius 2 is 2.31 bits per heavy atom. The van der Waals surface area contributed by atoms with Crippen LogP contribution in [0.1, 0.15) is 0 Å². The van der Waals surface area contributed by atoms with Crippen LogP contribution in [-0.4, -0.2) is 51.1 Å². The van der Waals surface area contributed by atoms with Gasteiger partial charge in [0.1, 0.15) is 0 Å². The van der Waals surface area contributed by atoms with E-state index in [4.69, 9.17) is 6.42 Å². The lowest BCUT2D eigenvalue weighted by atomic mass is 10.4. The van der Waals surface area contributed by atoms with E-state index in [9.17, 15) is 4.79 Å². The van der Waals surface area contributed by atoms with Gasteiger partial charge in [0.15, 0.2) is 0 Å². The third-order valence-corrected chi connectivity index (χ3v) is 1.54. The van der Waals surface area contributed by atoms with Crippen LogP contribution in [0.15, 0.2) is 0 Å². The maximum atomic E-state index is 11.1. The van der Waals surface area contributed by atoms with Gasteiger partial charge in [0.25, 0.3) is 0 Å². The fourth-order valence-corrected chi connectivity index (χ4v) is 0.832. The lowest BCUT2D eigenvalue weighted by molar-refractivity contribution is -0.121. The number of terminal acetylenes is 1. The maximum absolute atomic E-state index is 11.1. The molecule has 0 rings (SSSR count). The first-order valence-electron chi connectivity index (χ1n) is 4.24. The van der Waals surface area contributed by atoms with Crippen molar-refractivity contribution in [1.82, 2.24) is 15.5 Å². The van der Waals surface area contributed by atoms with Crippen molar-refractivity contribution in [2.24, 2.45) is 0 Å². The molecule has 0 aliphatic rings. The summed E-state index contributed by atoms with van der Waals surface area (Å²) in [5.74, 6) is 2.32. The number of rotatable bonds is 6. The van der Waals surface area contributed by atoms with Gasteiger partial charge >= 0.3 is 0 Å². The van der Waals surface area contributed by atoms with Crippen LogP contribution in [0.2, 0.25) is 0 Å². The van der Waals surface area contributed by atoms with Gasteiger partial charge in [-0.05, 0) is 14.1 Å². The van der Waals surface area contributed by atoms with Crippen molar-refractivity contribution in [2.45, 2.75) is 0 Å². The minimum absolute atomic E-state index is 0.0310. The predicted octanol–water partition coefficient (Wildman–Crippen LogP) is -1.11. The van der Waals surface area contributed by atoms with E-state index in [0.717, 1.165) is 13.1 Å². The smallest absolute Gasteiger partial charge is 0.234 e. The van der Waals surface area contributed by atoms with Gasteiger partial charge in [-0.15, -0.1) is 6.42 Å². The number of nitrogens with one attached hydrogen (secondary N) is 2. The van der Waals surface area contributed by atoms with Crippen molar-refractivity contribution in [3.63, 3.8) is 0 Å². The highest BCUT2D eigenvalue weighted by molar-refractivity contribution is 5.78. The summed E-state index contributed by atoms with van der Waals surface area (Å²) in [4.78, 5) is 13.0. The number of likely N-dealkylation sites (N-methyl/N-ethyl adjacent to an activating group) is 2. The van der Waals surface area contributed by atoms with Gasteiger partial charge in [-0.1, -0.05) is 5.92 Å². The third kappa shape index (κ3) is 7.32. The molecule has 0 aromatic carbocycles. The van der Waals surface area contributed by atoms with Crippen molar-refractivity contribution < 1.29 is 4.79 Å². The number of hydrogen-bond donors (Lipinski definition) is 2. The molecule has 0 aliphatic carbocycles. The molecule has 2 N–H and O–H groups in total. The SMILES string of the molecule is C#CCNC(=O)CN(C)CCNC. The second-order valence-electron chi connectivity index (χ2n) is 2.82. The Hall–Kier alpha value is -1.05. The summed E-state index contributed by atoms with van der Waals surface area (Å²) < 4.78 is 0. The first-order chi connectivity index (χ1) is 6.20. The minimum atomic E-state index is -0.0310. The van der Waals surface area contributed by atoms with Gasteiger partial charge < -0.3 is 10.6 Å². The number of amides is 1. The molecule has 0 saturated carbocycles. The number of nitrogens with zero attached hydrogens (tertiary/aromatic N) is 1. The highest BCUT2D eigenvalue weighted by Crippen LogP contribution is 1.79. The quantitative estimate of drug-likeness (QED) is 0.513. The van der Waals surface area contributed by atoms with E-state index in [1.807, 2.05) is 19.0 Å². The molecule has 0 aliphatic heterocycles. The molecule has 0 atom stereocenters. The van der Waals surface area contributed by atoms with E-state index < -0.39 is 0 Å². The summed E-state index contributed by atoms with van der Waals surface area (Å²) in [6, 6.07) is 0. The maximum Gasteiger partial charge on any atom is 0.234 e. The van der Waals surface area contributed by atoms with Gasteiger partial charge in [0, 0.05) is 13.1 Å². The number of carbonyl (C=O) groups is 1. The van der Waals surface area contributed by atoms with Gasteiger partial charge in [-0.25, -0.2) is 0 Å². The zero-order chi connectivity index (χ0) is 10.1. The summed E-state index contributed by atoms with van der Waals surface area (Å²) >= 11 is 0. The van der Waals surface area contributed by atoms with Crippen molar-refractivity contribution in [2.75, 3.05) is 40.3 Å². The normalized spacial score (nSPS) is 9.69. The monoisotopic (exact) mass is 183 g/mol. The van der Waals surface area contributed by atoms with E-state index in [1.165, 1.54) is 0 Å². The molecular weight excluding hydrogens is 166 g/mol. The first kappa shape index (κ1) is 11.9. The second-order valence-corrected chi connectivity index (χ2v) is 2.82. The van der Waals surface area contributed by atoms with Crippen LogP contribution in [0.5, 0.6) is 0 Å². The first-order valence-corrected chi connectivity index (χ1v) is 4.24. The zero-order valence-corrected chi connectivity index (χ0v) is 8.26. The van der Waals surface area contributed by atoms with Gasteiger partial charge in [0.05, 0.1) is 13.1 Å². The molecular formula is C9H17N3O. The molecule has 0 unspecified atom stereocenters. The van der Waals surface area contributed by atoms with Crippen molar-refractivity contribution in [1.29, 1.82) is 0 Å². The zero-order valence-electron chi connectivity index (χ0n) is 8.26. The summed E-state index contributed by atoms with van der Waals surface area (Å²) in [7, 11) is 3.78. The van der Waals surface area contributed by atoms with E-state index in [2.05, 4.69) is 16.6 Å². The molecule has 0 aromatic rings. The van der Waals surface area contributed by atoms with E-state index >= 15 is 0 Å². The van der Waals surface area contributed by atoms with Crippen LogP contribution in [0.3, 0.4) is 0 Å². The van der Waals surface area contributed by atoms with Crippen LogP contribution >= 0.6 is 0 Å². The molecule has 0 saturated heterocycles. The van der Waals surface area contributed by atoms with E-state index in [-0.39, 0.29) is 5.91 Å². The largest absolute Gasteiger partial charge is 0.344 e. The van der Waals surface area contributed by atoms with Crippen LogP contribution < -0.4 is 10.6 Å². The third-order valence-electron chi connectivity index (χ3n) is 1.54. The van der Waals surface area contributed by atoms with E-state index in [1.54, 1.807) is 0 Å². The minimum Gasteiger partial charge on any atom is -0.344 e. The summed E-state index contributed by atoms with van der Waals surface area (Å²) in [5.41, 5.74) is 0. The fraction of sp³-hybridized carbons (Fsp3) is 0.667. The van der Waals surface area contributed by atoms with Crippen LogP contribution in [0.4, 0.5) is 0 Å². The van der Waals surface area contributed by atoms with Crippen LogP contribution in [0, 0.1) is 12.3 Å². The van der Waals surface area contributed by atoms with Crippen LogP contribution in [0.25, 0.3) is 0 Å². The number of carbonyl (C=O) groups excluding carboxylic acids is 1. The molecule has 13 heavy (non-hydrogen) atoms. The lowest BCUT2D eigenvalue weighted by Gasteiger charge is -2.14. The topological polar surface area (TPSA) is 44.4 Å². The van der Waals surface area contributed by atoms with Crippen LogP contribution in [-0.2, 0) is 4.79 Å². The van der Waals surface area contributed by atoms with Gasteiger partial charge in [-0.2, -0.15) is 0 Å². The van der Waals surface area contributed by atoms with Crippen molar-refractivity contribution in [3.05, 3.63) is 0 Å². The summed E-state index contributed by atoms with van der Waals surface area (Å²) in [6.45, 7) is 2.42. The van der Waals surface area contributed by atoms with Crippen molar-refractivity contribution >= 4 is 5.91 Å². The molecule has 4 nitrogen and oxygen atoms in total. The average Bonchev–Trinajstić information content (AvgIpc) is 2.11. The molecule has 0 bridgehead atoms. The average molecular weight is 183 g/mol. The number of hydrogen-bond acceptors (Lipinski definition) is 3. The summed E-state index contributed by atoms with van der Waals surface area (Å²) in [6.07, 6.45) is 5.00. The van der Waals surface area contributed by atoms with E-state index in [0.29, 0.717) is 13.1 Å². The molecule has 0 aromatic heterocycles. The molecule has 4 heteroatoms. The predicted molar refractivity (Wildman–Crippen MR) is 53.3 cm³/mol. The Labute approximate surface area is 79.7 Å². The molecule has 1 amide bonds. The molecule has 0 heterocycles. The lowest BCUT2D eigenvalue weighted by Crippen LogP contribution is -2.37. The second kappa shape index (κ2) is 7.59. The Morgan fingerprint density at radius 1 is 1.62 bits per heavy atom. The highest BCUT2D eigenvalue weighted by Gasteiger charge is 2.03. The standard InChI is InChI=1S/C9H17N3O/c1-4-5-11-9(13)8-12(3)7-6-10-2/h1,10H,5-8H2,2-3H3,(H,11,13). The molecule has 74 valence electrons. The molecule has 0 fully saturated rings. The molecule has 0 spiro atoms. The van der Waals surface area contributed by atoms with Crippen molar-refractivity contribution in [3.8, 4) is 12.3 Å². The molecule has 0 radical (unpaired) electrons. The Bertz CT molecular complexity index is 186. The van der Waals surface area contributed by atoms with Gasteiger partial charge in [-0.3, -0.25) is 9.69 Å². The Balaban J connectivity index is 3.48. The Morgan fingerprint density at radius 3 is 2.85 bits per heavy atom. The highest BCUT2D eigenvalue weighted by atomic mass is 16.1. The fourth-order valence-electron chi connectivity index (χ4n) is 0.832.